The van der Waals surface area contributed by atoms with Crippen LogP contribution in [0.3, 0.4) is 0 Å². The summed E-state index contributed by atoms with van der Waals surface area (Å²) >= 11 is 0. The number of nitrogens with two attached hydrogens (primary N) is 1. The number of hydrazine groups is 1. The second kappa shape index (κ2) is 6.22. The predicted octanol–water partition coefficient (Wildman–Crippen LogP) is -0.484. The van der Waals surface area contributed by atoms with Gasteiger partial charge in [0.2, 0.25) is 0 Å². The molecule has 5 heteroatoms. The Morgan fingerprint density at radius 2 is 2.06 bits per heavy atom. The SMILES string of the molecule is C[C@@H](NN)[C@@H](O)C(=O)NCc1ccccc1. The van der Waals surface area contributed by atoms with E-state index in [9.17, 15) is 9.90 Å². The van der Waals surface area contributed by atoms with Gasteiger partial charge in [0.1, 0.15) is 6.10 Å². The molecule has 0 radical (unpaired) electrons. The molecule has 1 amide bonds. The maximum atomic E-state index is 11.5. The van der Waals surface area contributed by atoms with Gasteiger partial charge < -0.3 is 10.4 Å². The maximum Gasteiger partial charge on any atom is 0.250 e. The van der Waals surface area contributed by atoms with Crippen molar-refractivity contribution in [3.8, 4) is 0 Å². The molecule has 1 rings (SSSR count). The summed E-state index contributed by atoms with van der Waals surface area (Å²) < 4.78 is 0. The average molecular weight is 223 g/mol. The fourth-order valence-electron chi connectivity index (χ4n) is 1.21. The Morgan fingerprint density at radius 1 is 1.44 bits per heavy atom. The highest BCUT2D eigenvalue weighted by molar-refractivity contribution is 5.81. The summed E-state index contributed by atoms with van der Waals surface area (Å²) in [5, 5.41) is 12.1. The molecule has 5 N–H and O–H groups in total. The highest BCUT2D eigenvalue weighted by Crippen LogP contribution is 1.98. The first-order chi connectivity index (χ1) is 7.65. The molecule has 0 unspecified atom stereocenters. The van der Waals surface area contributed by atoms with Crippen LogP contribution in [0.2, 0.25) is 0 Å². The van der Waals surface area contributed by atoms with Crippen LogP contribution in [0.4, 0.5) is 0 Å². The number of aliphatic hydroxyl groups excluding tert-OH is 1. The number of nitrogens with one attached hydrogen (secondary N) is 2. The van der Waals surface area contributed by atoms with Gasteiger partial charge in [0.15, 0.2) is 0 Å². The van der Waals surface area contributed by atoms with Crippen LogP contribution in [0.15, 0.2) is 30.3 Å². The van der Waals surface area contributed by atoms with Crippen molar-refractivity contribution in [2.45, 2.75) is 25.6 Å². The summed E-state index contributed by atoms with van der Waals surface area (Å²) in [5.41, 5.74) is 3.32. The van der Waals surface area contributed by atoms with Crippen LogP contribution in [0.5, 0.6) is 0 Å². The molecule has 0 saturated heterocycles. The first-order valence-corrected chi connectivity index (χ1v) is 5.11. The van der Waals surface area contributed by atoms with Gasteiger partial charge in [-0.05, 0) is 12.5 Å². The van der Waals surface area contributed by atoms with Crippen LogP contribution in [-0.4, -0.2) is 23.2 Å². The molecule has 0 aliphatic heterocycles. The molecule has 0 aliphatic rings. The minimum atomic E-state index is -1.14. The van der Waals surface area contributed by atoms with Gasteiger partial charge in [-0.1, -0.05) is 30.3 Å². The third-order valence-corrected chi connectivity index (χ3v) is 2.31. The lowest BCUT2D eigenvalue weighted by Crippen LogP contribution is -2.49. The zero-order chi connectivity index (χ0) is 12.0. The predicted molar refractivity (Wildman–Crippen MR) is 61.1 cm³/mol. The highest BCUT2D eigenvalue weighted by atomic mass is 16.3. The van der Waals surface area contributed by atoms with E-state index >= 15 is 0 Å². The lowest BCUT2D eigenvalue weighted by molar-refractivity contribution is -0.130. The Morgan fingerprint density at radius 3 is 2.62 bits per heavy atom. The number of amides is 1. The van der Waals surface area contributed by atoms with Gasteiger partial charge >= 0.3 is 0 Å². The number of rotatable bonds is 5. The number of hydrogen-bond acceptors (Lipinski definition) is 4. The highest BCUT2D eigenvalue weighted by Gasteiger charge is 2.20. The van der Waals surface area contributed by atoms with Gasteiger partial charge in [-0.25, -0.2) is 0 Å². The van der Waals surface area contributed by atoms with E-state index in [-0.39, 0.29) is 0 Å². The van der Waals surface area contributed by atoms with E-state index in [1.54, 1.807) is 6.92 Å². The number of benzene rings is 1. The van der Waals surface area contributed by atoms with Crippen LogP contribution in [0, 0.1) is 0 Å². The Kier molecular flexibility index (Phi) is 4.91. The lowest BCUT2D eigenvalue weighted by Gasteiger charge is -2.17. The molecule has 5 nitrogen and oxygen atoms in total. The summed E-state index contributed by atoms with van der Waals surface area (Å²) in [6.07, 6.45) is -1.14. The van der Waals surface area contributed by atoms with Crippen LogP contribution in [-0.2, 0) is 11.3 Å². The largest absolute Gasteiger partial charge is 0.382 e. The molecule has 0 aromatic heterocycles. The lowest BCUT2D eigenvalue weighted by atomic mass is 10.1. The molecule has 88 valence electrons. The number of carbonyl (C=O) groups is 1. The second-order valence-corrected chi connectivity index (χ2v) is 3.60. The smallest absolute Gasteiger partial charge is 0.250 e. The monoisotopic (exact) mass is 223 g/mol. The molecule has 1 aromatic rings. The minimum Gasteiger partial charge on any atom is -0.382 e. The normalized spacial score (nSPS) is 14.2. The topological polar surface area (TPSA) is 87.4 Å². The van der Waals surface area contributed by atoms with E-state index in [4.69, 9.17) is 5.84 Å². The van der Waals surface area contributed by atoms with Crippen LogP contribution in [0.1, 0.15) is 12.5 Å². The second-order valence-electron chi connectivity index (χ2n) is 3.60. The van der Waals surface area contributed by atoms with Crippen molar-refractivity contribution in [3.05, 3.63) is 35.9 Å². The van der Waals surface area contributed by atoms with Gasteiger partial charge in [0, 0.05) is 6.54 Å². The van der Waals surface area contributed by atoms with Gasteiger partial charge in [-0.3, -0.25) is 16.1 Å². The molecule has 0 heterocycles. The molecular weight excluding hydrogens is 206 g/mol. The van der Waals surface area contributed by atoms with Gasteiger partial charge in [0.25, 0.3) is 5.91 Å². The van der Waals surface area contributed by atoms with E-state index in [0.717, 1.165) is 5.56 Å². The fourth-order valence-corrected chi connectivity index (χ4v) is 1.21. The number of hydrogen-bond donors (Lipinski definition) is 4. The first kappa shape index (κ1) is 12.6. The third-order valence-electron chi connectivity index (χ3n) is 2.31. The van der Waals surface area contributed by atoms with Crippen molar-refractivity contribution < 1.29 is 9.90 Å². The quantitative estimate of drug-likeness (QED) is 0.401. The van der Waals surface area contributed by atoms with Crippen LogP contribution < -0.4 is 16.6 Å². The van der Waals surface area contributed by atoms with Gasteiger partial charge in [-0.2, -0.15) is 0 Å². The Hall–Kier alpha value is -1.43. The van der Waals surface area contributed by atoms with Crippen molar-refractivity contribution in [2.24, 2.45) is 5.84 Å². The van der Waals surface area contributed by atoms with E-state index in [1.807, 2.05) is 30.3 Å². The fraction of sp³-hybridized carbons (Fsp3) is 0.364. The summed E-state index contributed by atoms with van der Waals surface area (Å²) in [6, 6.07) is 9.01. The van der Waals surface area contributed by atoms with Gasteiger partial charge in [0.05, 0.1) is 6.04 Å². The molecule has 0 bridgehead atoms. The van der Waals surface area contributed by atoms with Crippen molar-refractivity contribution in [2.75, 3.05) is 0 Å². The van der Waals surface area contributed by atoms with E-state index < -0.39 is 18.1 Å². The molecule has 0 aliphatic carbocycles. The van der Waals surface area contributed by atoms with Crippen molar-refractivity contribution in [1.82, 2.24) is 10.7 Å². The molecule has 1 aromatic carbocycles. The van der Waals surface area contributed by atoms with Crippen molar-refractivity contribution in [3.63, 3.8) is 0 Å². The summed E-state index contributed by atoms with van der Waals surface area (Å²) in [6.45, 7) is 2.03. The third kappa shape index (κ3) is 3.62. The van der Waals surface area contributed by atoms with E-state index in [1.165, 1.54) is 0 Å². The standard InChI is InChI=1S/C11H17N3O2/c1-8(14-12)10(15)11(16)13-7-9-5-3-2-4-6-9/h2-6,8,10,14-15H,7,12H2,1H3,(H,13,16)/t8-,10-/m1/s1. The molecule has 0 fully saturated rings. The Bertz CT molecular complexity index is 329. The van der Waals surface area contributed by atoms with E-state index in [0.29, 0.717) is 6.54 Å². The minimum absolute atomic E-state index is 0.397. The van der Waals surface area contributed by atoms with E-state index in [2.05, 4.69) is 10.7 Å². The molecule has 0 saturated carbocycles. The molecule has 0 spiro atoms. The zero-order valence-corrected chi connectivity index (χ0v) is 9.18. The Labute approximate surface area is 94.6 Å². The van der Waals surface area contributed by atoms with Crippen LogP contribution >= 0.6 is 0 Å². The first-order valence-electron chi connectivity index (χ1n) is 5.11. The summed E-state index contributed by atoms with van der Waals surface area (Å²) in [4.78, 5) is 11.5. The van der Waals surface area contributed by atoms with Gasteiger partial charge in [-0.15, -0.1) is 0 Å². The summed E-state index contributed by atoms with van der Waals surface area (Å²) in [7, 11) is 0. The Balaban J connectivity index is 2.41. The zero-order valence-electron chi connectivity index (χ0n) is 9.18. The van der Waals surface area contributed by atoms with Crippen molar-refractivity contribution in [1.29, 1.82) is 0 Å². The van der Waals surface area contributed by atoms with Crippen molar-refractivity contribution >= 4 is 5.91 Å². The molecule has 2 atom stereocenters. The molecular formula is C11H17N3O2. The molecule has 16 heavy (non-hydrogen) atoms. The number of carbonyl (C=O) groups excluding carboxylic acids is 1. The number of aliphatic hydroxyl groups is 1. The average Bonchev–Trinajstić information content (AvgIpc) is 2.35. The maximum absolute atomic E-state index is 11.5. The summed E-state index contributed by atoms with van der Waals surface area (Å²) in [5.74, 6) is 4.69. The van der Waals surface area contributed by atoms with Crippen LogP contribution in [0.25, 0.3) is 0 Å².